The van der Waals surface area contributed by atoms with E-state index >= 15 is 0 Å². The van der Waals surface area contributed by atoms with Crippen molar-refractivity contribution in [2.24, 2.45) is 0 Å². The zero-order valence-corrected chi connectivity index (χ0v) is 18.7. The number of nitrogens with one attached hydrogen (secondary N) is 1. The second-order valence-corrected chi connectivity index (χ2v) is 9.73. The Morgan fingerprint density at radius 3 is 2.58 bits per heavy atom. The van der Waals surface area contributed by atoms with Gasteiger partial charge in [-0.05, 0) is 37.8 Å². The number of carbonyl (C=O) groups excluding carboxylic acids is 3. The first-order valence-corrected chi connectivity index (χ1v) is 12.5. The number of nitro groups is 1. The number of unbranched alkanes of at least 4 members (excludes halogenated alkanes) is 1. The van der Waals surface area contributed by atoms with Crippen molar-refractivity contribution in [3.63, 3.8) is 0 Å². The van der Waals surface area contributed by atoms with Crippen molar-refractivity contribution in [1.82, 2.24) is 5.32 Å². The molecule has 1 unspecified atom stereocenters. The van der Waals surface area contributed by atoms with Gasteiger partial charge in [-0.15, -0.1) is 0 Å². The maximum Gasteiger partial charge on any atom is 0.513 e. The van der Waals surface area contributed by atoms with Gasteiger partial charge in [0.25, 0.3) is 5.69 Å². The third-order valence-corrected chi connectivity index (χ3v) is 7.47. The van der Waals surface area contributed by atoms with Gasteiger partial charge in [-0.2, -0.15) is 0 Å². The zero-order valence-electron chi connectivity index (χ0n) is 17.1. The lowest BCUT2D eigenvalue weighted by molar-refractivity contribution is -0.384. The van der Waals surface area contributed by atoms with Gasteiger partial charge in [0.05, 0.1) is 18.1 Å². The quantitative estimate of drug-likeness (QED) is 0.112. The molecule has 0 aliphatic carbocycles. The fraction of sp³-hybridized carbons (Fsp3) is 0.550. The van der Waals surface area contributed by atoms with Crippen LogP contribution in [0.15, 0.2) is 24.3 Å². The van der Waals surface area contributed by atoms with Gasteiger partial charge in [-0.3, -0.25) is 19.7 Å². The Bertz CT molecular complexity index is 752. The maximum absolute atomic E-state index is 11.8. The molecule has 31 heavy (non-hydrogen) atoms. The SMILES string of the molecule is O=C(CCCOC(=O)Oc1ccc([N+](=O)[O-])cc1)CNC(=O)CCCCC1CCSS1. The van der Waals surface area contributed by atoms with Crippen molar-refractivity contribution in [3.8, 4) is 5.75 Å². The minimum atomic E-state index is -0.954. The summed E-state index contributed by atoms with van der Waals surface area (Å²) >= 11 is 0. The van der Waals surface area contributed by atoms with Gasteiger partial charge in [-0.1, -0.05) is 28.0 Å². The van der Waals surface area contributed by atoms with E-state index < -0.39 is 11.1 Å². The second-order valence-electron chi connectivity index (χ2n) is 6.95. The summed E-state index contributed by atoms with van der Waals surface area (Å²) in [4.78, 5) is 45.2. The summed E-state index contributed by atoms with van der Waals surface area (Å²) in [5, 5.41) is 13.9. The smallest absolute Gasteiger partial charge is 0.434 e. The molecule has 1 aromatic carbocycles. The lowest BCUT2D eigenvalue weighted by Crippen LogP contribution is -2.29. The molecule has 1 atom stereocenters. The molecule has 0 saturated carbocycles. The first-order chi connectivity index (χ1) is 14.9. The largest absolute Gasteiger partial charge is 0.513 e. The summed E-state index contributed by atoms with van der Waals surface area (Å²) in [5.74, 6) is 1.07. The van der Waals surface area contributed by atoms with Gasteiger partial charge in [0, 0.05) is 36.0 Å². The molecule has 11 heteroatoms. The van der Waals surface area contributed by atoms with Crippen LogP contribution in [0.3, 0.4) is 0 Å². The minimum absolute atomic E-state index is 0.0109. The summed E-state index contributed by atoms with van der Waals surface area (Å²) < 4.78 is 9.76. The van der Waals surface area contributed by atoms with E-state index in [1.807, 2.05) is 21.6 Å². The second kappa shape index (κ2) is 13.9. The molecule has 1 heterocycles. The van der Waals surface area contributed by atoms with Gasteiger partial charge < -0.3 is 14.8 Å². The molecule has 0 aromatic heterocycles. The third kappa shape index (κ3) is 10.5. The molecule has 1 aromatic rings. The molecular formula is C20H26N2O7S2. The van der Waals surface area contributed by atoms with Crippen LogP contribution in [0.2, 0.25) is 0 Å². The summed E-state index contributed by atoms with van der Waals surface area (Å²) in [6.45, 7) is -0.0375. The number of benzene rings is 1. The molecule has 0 bridgehead atoms. The molecule has 9 nitrogen and oxygen atoms in total. The van der Waals surface area contributed by atoms with E-state index in [0.29, 0.717) is 18.1 Å². The van der Waals surface area contributed by atoms with Crippen molar-refractivity contribution in [3.05, 3.63) is 34.4 Å². The Morgan fingerprint density at radius 1 is 1.13 bits per heavy atom. The topological polar surface area (TPSA) is 125 Å². The fourth-order valence-corrected chi connectivity index (χ4v) is 5.81. The van der Waals surface area contributed by atoms with Crippen LogP contribution in [-0.2, 0) is 14.3 Å². The standard InChI is InChI=1S/C20H26N2O7S2/c23-16(14-21-19(24)6-2-1-5-18-11-13-30-31-18)4-3-12-28-20(25)29-17-9-7-15(8-10-17)22(26)27/h7-10,18H,1-6,11-14H2,(H,21,24). The predicted molar refractivity (Wildman–Crippen MR) is 119 cm³/mol. The van der Waals surface area contributed by atoms with Gasteiger partial charge in [0.15, 0.2) is 5.78 Å². The number of Topliss-reactive ketones (excluding diaryl/α,β-unsaturated/α-hetero) is 1. The average molecular weight is 471 g/mol. The Hall–Kier alpha value is -2.27. The molecule has 2 rings (SSSR count). The highest BCUT2D eigenvalue weighted by molar-refractivity contribution is 8.77. The summed E-state index contributed by atoms with van der Waals surface area (Å²) in [5.41, 5.74) is -0.117. The molecule has 1 aliphatic heterocycles. The normalized spacial score (nSPS) is 15.3. The Balaban J connectivity index is 1.47. The fourth-order valence-electron chi connectivity index (χ4n) is 2.78. The number of carbonyl (C=O) groups is 3. The number of ether oxygens (including phenoxy) is 2. The van der Waals surface area contributed by atoms with Gasteiger partial charge in [0.2, 0.25) is 5.91 Å². The molecule has 1 fully saturated rings. The van der Waals surface area contributed by atoms with Crippen molar-refractivity contribution in [2.45, 2.75) is 50.2 Å². The van der Waals surface area contributed by atoms with Crippen LogP contribution in [0.5, 0.6) is 5.75 Å². The van der Waals surface area contributed by atoms with Gasteiger partial charge in [-0.25, -0.2) is 4.79 Å². The molecule has 0 radical (unpaired) electrons. The first kappa shape index (κ1) is 25.0. The highest BCUT2D eigenvalue weighted by atomic mass is 33.1. The summed E-state index contributed by atoms with van der Waals surface area (Å²) in [7, 11) is 3.85. The highest BCUT2D eigenvalue weighted by Crippen LogP contribution is 2.39. The molecule has 1 amide bonds. The Labute approximate surface area is 188 Å². The number of ketones is 1. The number of rotatable bonds is 13. The van der Waals surface area contributed by atoms with Crippen LogP contribution >= 0.6 is 21.6 Å². The van der Waals surface area contributed by atoms with E-state index in [1.54, 1.807) is 0 Å². The minimum Gasteiger partial charge on any atom is -0.434 e. The van der Waals surface area contributed by atoms with E-state index in [2.05, 4.69) is 5.32 Å². The van der Waals surface area contributed by atoms with Crippen molar-refractivity contribution in [1.29, 1.82) is 0 Å². The number of amides is 1. The first-order valence-electron chi connectivity index (χ1n) is 10.1. The van der Waals surface area contributed by atoms with E-state index in [0.717, 1.165) is 19.3 Å². The summed E-state index contributed by atoms with van der Waals surface area (Å²) in [6, 6.07) is 5.00. The third-order valence-electron chi connectivity index (χ3n) is 4.46. The monoisotopic (exact) mass is 470 g/mol. The van der Waals surface area contributed by atoms with Crippen molar-refractivity contribution in [2.75, 3.05) is 18.9 Å². The number of non-ortho nitro benzene ring substituents is 1. The lowest BCUT2D eigenvalue weighted by Gasteiger charge is -2.08. The summed E-state index contributed by atoms with van der Waals surface area (Å²) in [6.07, 6.45) is 4.17. The molecule has 170 valence electrons. The van der Waals surface area contributed by atoms with Crippen LogP contribution in [0, 0.1) is 10.1 Å². The lowest BCUT2D eigenvalue weighted by atomic mass is 10.1. The Morgan fingerprint density at radius 2 is 1.90 bits per heavy atom. The predicted octanol–water partition coefficient (Wildman–Crippen LogP) is 4.29. The van der Waals surface area contributed by atoms with Crippen molar-refractivity contribution >= 4 is 45.1 Å². The number of hydrogen-bond donors (Lipinski definition) is 1. The van der Waals surface area contributed by atoms with Crippen LogP contribution in [-0.4, -0.2) is 46.9 Å². The van der Waals surface area contributed by atoms with Crippen molar-refractivity contribution < 1.29 is 28.8 Å². The van der Waals surface area contributed by atoms with Crippen LogP contribution in [0.25, 0.3) is 0 Å². The van der Waals surface area contributed by atoms with Crippen LogP contribution < -0.4 is 10.1 Å². The number of nitrogens with zero attached hydrogens (tertiary/aromatic N) is 1. The highest BCUT2D eigenvalue weighted by Gasteiger charge is 2.16. The van der Waals surface area contributed by atoms with E-state index in [1.165, 1.54) is 36.4 Å². The number of nitro benzene ring substituents is 1. The number of hydrogen-bond acceptors (Lipinski definition) is 9. The maximum atomic E-state index is 11.8. The molecular weight excluding hydrogens is 444 g/mol. The molecule has 1 N–H and O–H groups in total. The Kier molecular flexibility index (Phi) is 11.2. The van der Waals surface area contributed by atoms with Gasteiger partial charge in [0.1, 0.15) is 5.75 Å². The van der Waals surface area contributed by atoms with Crippen LogP contribution in [0.1, 0.15) is 44.9 Å². The average Bonchev–Trinajstić information content (AvgIpc) is 3.27. The van der Waals surface area contributed by atoms with Crippen LogP contribution in [0.4, 0.5) is 10.5 Å². The van der Waals surface area contributed by atoms with Gasteiger partial charge >= 0.3 is 6.16 Å². The zero-order chi connectivity index (χ0) is 22.5. The molecule has 1 aliphatic rings. The van der Waals surface area contributed by atoms with E-state index in [4.69, 9.17) is 9.47 Å². The van der Waals surface area contributed by atoms with E-state index in [9.17, 15) is 24.5 Å². The van der Waals surface area contributed by atoms with E-state index in [-0.39, 0.29) is 42.7 Å². The molecule has 0 spiro atoms. The molecule has 1 saturated heterocycles.